The molecule has 98 valence electrons. The molecule has 0 aromatic heterocycles. The lowest BCUT2D eigenvalue weighted by atomic mass is 10.1. The van der Waals surface area contributed by atoms with Gasteiger partial charge in [-0.2, -0.15) is 0 Å². The van der Waals surface area contributed by atoms with Gasteiger partial charge in [0.1, 0.15) is 0 Å². The maximum absolute atomic E-state index is 11.8. The van der Waals surface area contributed by atoms with Crippen LogP contribution in [0.3, 0.4) is 0 Å². The number of hydrogen-bond donors (Lipinski definition) is 0. The lowest BCUT2D eigenvalue weighted by molar-refractivity contribution is -0.905. The summed E-state index contributed by atoms with van der Waals surface area (Å²) in [4.78, 5) is 11.8. The van der Waals surface area contributed by atoms with Gasteiger partial charge in [0.15, 0.2) is 5.78 Å². The Morgan fingerprint density at radius 1 is 1.17 bits per heavy atom. The van der Waals surface area contributed by atoms with Crippen molar-refractivity contribution in [1.29, 1.82) is 0 Å². The van der Waals surface area contributed by atoms with E-state index in [2.05, 4.69) is 20.9 Å². The van der Waals surface area contributed by atoms with Crippen molar-refractivity contribution in [3.05, 3.63) is 42.0 Å². The van der Waals surface area contributed by atoms with Crippen molar-refractivity contribution in [1.82, 2.24) is 0 Å². The second kappa shape index (κ2) is 7.12. The minimum atomic E-state index is 0.213. The van der Waals surface area contributed by atoms with Gasteiger partial charge in [0.2, 0.25) is 0 Å². The minimum absolute atomic E-state index is 0.213. The van der Waals surface area contributed by atoms with E-state index in [0.29, 0.717) is 6.42 Å². The Kier molecular flexibility index (Phi) is 5.79. The van der Waals surface area contributed by atoms with Crippen molar-refractivity contribution in [2.45, 2.75) is 20.3 Å². The third-order valence-corrected chi connectivity index (χ3v) is 3.69. The van der Waals surface area contributed by atoms with Crippen LogP contribution in [-0.4, -0.2) is 36.9 Å². The Bertz CT molecular complexity index is 391. The molecule has 0 aliphatic heterocycles. The number of rotatable bonds is 7. The molecule has 18 heavy (non-hydrogen) atoms. The lowest BCUT2D eigenvalue weighted by Crippen LogP contribution is -2.44. The largest absolute Gasteiger partial charge is 0.326 e. The average molecular weight is 246 g/mol. The molecular formula is C16H24NO+. The van der Waals surface area contributed by atoms with E-state index in [0.717, 1.165) is 29.7 Å². The standard InChI is InChI=1S/C16H24NO/c1-4-17(3,5-2)14-13-16(18)12-11-15-9-7-6-8-10-15/h6-12H,4-5,13-14H2,1-3H3/q+1/b12-11-. The molecule has 0 atom stereocenters. The van der Waals surface area contributed by atoms with Gasteiger partial charge < -0.3 is 4.48 Å². The topological polar surface area (TPSA) is 17.1 Å². The molecule has 0 spiro atoms. The number of quaternary nitrogens is 1. The molecule has 0 saturated heterocycles. The Morgan fingerprint density at radius 2 is 1.78 bits per heavy atom. The highest BCUT2D eigenvalue weighted by atomic mass is 16.1. The van der Waals surface area contributed by atoms with E-state index >= 15 is 0 Å². The zero-order valence-electron chi connectivity index (χ0n) is 11.7. The van der Waals surface area contributed by atoms with Gasteiger partial charge in [0.25, 0.3) is 0 Å². The fourth-order valence-electron chi connectivity index (χ4n) is 1.76. The molecule has 0 unspecified atom stereocenters. The van der Waals surface area contributed by atoms with Crippen LogP contribution in [0.5, 0.6) is 0 Å². The number of allylic oxidation sites excluding steroid dienone is 1. The summed E-state index contributed by atoms with van der Waals surface area (Å²) in [5.41, 5.74) is 1.08. The molecule has 0 heterocycles. The zero-order valence-corrected chi connectivity index (χ0v) is 11.7. The van der Waals surface area contributed by atoms with Crippen LogP contribution in [-0.2, 0) is 4.79 Å². The highest BCUT2D eigenvalue weighted by molar-refractivity contribution is 5.93. The summed E-state index contributed by atoms with van der Waals surface area (Å²) in [5, 5.41) is 0. The minimum Gasteiger partial charge on any atom is -0.326 e. The molecule has 0 bridgehead atoms. The second-order valence-corrected chi connectivity index (χ2v) is 4.94. The maximum atomic E-state index is 11.8. The number of carbonyl (C=O) groups is 1. The highest BCUT2D eigenvalue weighted by Gasteiger charge is 2.16. The summed E-state index contributed by atoms with van der Waals surface area (Å²) in [5.74, 6) is 0.213. The molecule has 0 saturated carbocycles. The molecule has 0 fully saturated rings. The fraction of sp³-hybridized carbons (Fsp3) is 0.438. The van der Waals surface area contributed by atoms with Crippen molar-refractivity contribution in [2.24, 2.45) is 0 Å². The van der Waals surface area contributed by atoms with Gasteiger partial charge in [-0.25, -0.2) is 0 Å². The Labute approximate surface area is 111 Å². The first kappa shape index (κ1) is 14.7. The molecule has 2 heteroatoms. The molecule has 2 nitrogen and oxygen atoms in total. The van der Waals surface area contributed by atoms with E-state index in [1.165, 1.54) is 0 Å². The molecule has 1 aromatic rings. The van der Waals surface area contributed by atoms with Crippen LogP contribution >= 0.6 is 0 Å². The SMILES string of the molecule is CC[N+](C)(CC)CCC(=O)/C=C\c1ccccc1. The number of benzene rings is 1. The molecule has 1 rings (SSSR count). The van der Waals surface area contributed by atoms with E-state index in [4.69, 9.17) is 0 Å². The van der Waals surface area contributed by atoms with Crippen molar-refractivity contribution in [2.75, 3.05) is 26.7 Å². The monoisotopic (exact) mass is 246 g/mol. The molecule has 0 aliphatic carbocycles. The molecular weight excluding hydrogens is 222 g/mol. The third-order valence-electron chi connectivity index (χ3n) is 3.69. The van der Waals surface area contributed by atoms with Crippen LogP contribution in [0, 0.1) is 0 Å². The van der Waals surface area contributed by atoms with E-state index in [1.807, 2.05) is 36.4 Å². The maximum Gasteiger partial charge on any atom is 0.161 e. The predicted octanol–water partition coefficient (Wildman–Crippen LogP) is 3.15. The number of nitrogens with zero attached hydrogens (tertiary/aromatic N) is 1. The van der Waals surface area contributed by atoms with Crippen molar-refractivity contribution in [3.8, 4) is 0 Å². The normalized spacial score (nSPS) is 11.9. The first-order chi connectivity index (χ1) is 8.59. The van der Waals surface area contributed by atoms with E-state index in [-0.39, 0.29) is 5.78 Å². The summed E-state index contributed by atoms with van der Waals surface area (Å²) in [6.45, 7) is 7.42. The van der Waals surface area contributed by atoms with Crippen LogP contribution in [0.1, 0.15) is 25.8 Å². The van der Waals surface area contributed by atoms with Gasteiger partial charge in [-0.05, 0) is 25.5 Å². The Morgan fingerprint density at radius 3 is 2.33 bits per heavy atom. The van der Waals surface area contributed by atoms with Crippen molar-refractivity contribution in [3.63, 3.8) is 0 Å². The van der Waals surface area contributed by atoms with Gasteiger partial charge in [0.05, 0.1) is 33.1 Å². The van der Waals surface area contributed by atoms with Gasteiger partial charge >= 0.3 is 0 Å². The van der Waals surface area contributed by atoms with E-state index < -0.39 is 0 Å². The first-order valence-corrected chi connectivity index (χ1v) is 6.69. The third kappa shape index (κ3) is 4.84. The van der Waals surface area contributed by atoms with Crippen LogP contribution in [0.4, 0.5) is 0 Å². The van der Waals surface area contributed by atoms with Gasteiger partial charge in [0, 0.05) is 0 Å². The van der Waals surface area contributed by atoms with Gasteiger partial charge in [-0.3, -0.25) is 4.79 Å². The van der Waals surface area contributed by atoms with Crippen molar-refractivity contribution >= 4 is 11.9 Å². The number of ketones is 1. The van der Waals surface area contributed by atoms with Gasteiger partial charge in [-0.15, -0.1) is 0 Å². The summed E-state index contributed by atoms with van der Waals surface area (Å²) in [6, 6.07) is 9.94. The summed E-state index contributed by atoms with van der Waals surface area (Å²) in [7, 11) is 2.20. The fourth-order valence-corrected chi connectivity index (χ4v) is 1.76. The second-order valence-electron chi connectivity index (χ2n) is 4.94. The smallest absolute Gasteiger partial charge is 0.161 e. The summed E-state index contributed by atoms with van der Waals surface area (Å²) >= 11 is 0. The zero-order chi connectivity index (χ0) is 13.4. The Hall–Kier alpha value is -1.41. The highest BCUT2D eigenvalue weighted by Crippen LogP contribution is 2.05. The molecule has 0 radical (unpaired) electrons. The molecule has 0 N–H and O–H groups in total. The Balaban J connectivity index is 2.45. The molecule has 1 aromatic carbocycles. The molecule has 0 amide bonds. The van der Waals surface area contributed by atoms with E-state index in [9.17, 15) is 4.79 Å². The van der Waals surface area contributed by atoms with Crippen LogP contribution in [0.15, 0.2) is 36.4 Å². The number of carbonyl (C=O) groups excluding carboxylic acids is 1. The summed E-state index contributed by atoms with van der Waals surface area (Å²) in [6.07, 6.45) is 4.22. The average Bonchev–Trinajstić information content (AvgIpc) is 2.43. The molecule has 0 aliphatic rings. The van der Waals surface area contributed by atoms with E-state index in [1.54, 1.807) is 6.08 Å². The lowest BCUT2D eigenvalue weighted by Gasteiger charge is -2.31. The summed E-state index contributed by atoms with van der Waals surface area (Å²) < 4.78 is 0.963. The van der Waals surface area contributed by atoms with Crippen LogP contribution < -0.4 is 0 Å². The van der Waals surface area contributed by atoms with Crippen LogP contribution in [0.25, 0.3) is 6.08 Å². The first-order valence-electron chi connectivity index (χ1n) is 6.69. The van der Waals surface area contributed by atoms with Crippen LogP contribution in [0.2, 0.25) is 0 Å². The number of hydrogen-bond acceptors (Lipinski definition) is 1. The van der Waals surface area contributed by atoms with Crippen molar-refractivity contribution < 1.29 is 9.28 Å². The van der Waals surface area contributed by atoms with Gasteiger partial charge in [-0.1, -0.05) is 36.4 Å². The predicted molar refractivity (Wildman–Crippen MR) is 77.2 cm³/mol. The quantitative estimate of drug-likeness (QED) is 0.533.